The highest BCUT2D eigenvalue weighted by Gasteiger charge is 2.14. The molecule has 1 saturated carbocycles. The van der Waals surface area contributed by atoms with E-state index in [1.807, 2.05) is 0 Å². The molecule has 0 atom stereocenters. The SMILES string of the molecule is CCCNc1ccc(C(=O)NCCC2CCCCC2)nn1. The van der Waals surface area contributed by atoms with Crippen molar-refractivity contribution in [3.63, 3.8) is 0 Å². The Bertz CT molecular complexity index is 426. The highest BCUT2D eigenvalue weighted by atomic mass is 16.1. The molecule has 1 fully saturated rings. The average molecular weight is 290 g/mol. The van der Waals surface area contributed by atoms with Crippen LogP contribution < -0.4 is 10.6 Å². The zero-order valence-electron chi connectivity index (χ0n) is 12.9. The van der Waals surface area contributed by atoms with Crippen LogP contribution in [-0.4, -0.2) is 29.2 Å². The van der Waals surface area contributed by atoms with Gasteiger partial charge in [0.1, 0.15) is 5.82 Å². The number of amides is 1. The van der Waals surface area contributed by atoms with E-state index in [9.17, 15) is 4.79 Å². The Morgan fingerprint density at radius 1 is 1.19 bits per heavy atom. The summed E-state index contributed by atoms with van der Waals surface area (Å²) < 4.78 is 0. The van der Waals surface area contributed by atoms with E-state index in [0.29, 0.717) is 5.69 Å². The summed E-state index contributed by atoms with van der Waals surface area (Å²) in [5.74, 6) is 1.38. The minimum absolute atomic E-state index is 0.125. The molecule has 2 N–H and O–H groups in total. The van der Waals surface area contributed by atoms with Gasteiger partial charge in [0.25, 0.3) is 5.91 Å². The first-order valence-electron chi connectivity index (χ1n) is 8.15. The fraction of sp³-hybridized carbons (Fsp3) is 0.688. The van der Waals surface area contributed by atoms with Gasteiger partial charge in [-0.15, -0.1) is 10.2 Å². The fourth-order valence-electron chi connectivity index (χ4n) is 2.76. The van der Waals surface area contributed by atoms with Gasteiger partial charge in [0, 0.05) is 13.1 Å². The monoisotopic (exact) mass is 290 g/mol. The Morgan fingerprint density at radius 3 is 2.67 bits per heavy atom. The van der Waals surface area contributed by atoms with Crippen molar-refractivity contribution < 1.29 is 4.79 Å². The second-order valence-corrected chi connectivity index (χ2v) is 5.78. The minimum atomic E-state index is -0.125. The predicted molar refractivity (Wildman–Crippen MR) is 84.3 cm³/mol. The molecular weight excluding hydrogens is 264 g/mol. The molecule has 0 aromatic carbocycles. The van der Waals surface area contributed by atoms with Crippen LogP contribution in [0.4, 0.5) is 5.82 Å². The van der Waals surface area contributed by atoms with Crippen molar-refractivity contribution in [2.45, 2.75) is 51.9 Å². The first-order chi connectivity index (χ1) is 10.3. The van der Waals surface area contributed by atoms with Gasteiger partial charge in [-0.3, -0.25) is 4.79 Å². The van der Waals surface area contributed by atoms with E-state index >= 15 is 0 Å². The van der Waals surface area contributed by atoms with Crippen LogP contribution in [-0.2, 0) is 0 Å². The number of nitrogens with one attached hydrogen (secondary N) is 2. The van der Waals surface area contributed by atoms with Gasteiger partial charge in [0.05, 0.1) is 0 Å². The number of nitrogens with zero attached hydrogens (tertiary/aromatic N) is 2. The van der Waals surface area contributed by atoms with Crippen molar-refractivity contribution in [3.05, 3.63) is 17.8 Å². The third kappa shape index (κ3) is 5.33. The lowest BCUT2D eigenvalue weighted by Gasteiger charge is -2.21. The molecule has 1 aliphatic carbocycles. The van der Waals surface area contributed by atoms with Gasteiger partial charge in [-0.1, -0.05) is 39.0 Å². The van der Waals surface area contributed by atoms with Gasteiger partial charge < -0.3 is 10.6 Å². The molecule has 116 valence electrons. The van der Waals surface area contributed by atoms with Crippen molar-refractivity contribution in [1.29, 1.82) is 0 Å². The number of aromatic nitrogens is 2. The Balaban J connectivity index is 1.72. The van der Waals surface area contributed by atoms with Crippen LogP contribution in [0, 0.1) is 5.92 Å². The standard InChI is InChI=1S/C16H26N4O/c1-2-11-17-15-9-8-14(19-20-15)16(21)18-12-10-13-6-4-3-5-7-13/h8-9,13H,2-7,10-12H2,1H3,(H,17,20)(H,18,21). The van der Waals surface area contributed by atoms with Crippen LogP contribution in [0.1, 0.15) is 62.4 Å². The van der Waals surface area contributed by atoms with E-state index in [0.717, 1.165) is 37.7 Å². The molecule has 0 radical (unpaired) electrons. The van der Waals surface area contributed by atoms with E-state index in [-0.39, 0.29) is 5.91 Å². The summed E-state index contributed by atoms with van der Waals surface area (Å²) in [6.07, 6.45) is 8.80. The second-order valence-electron chi connectivity index (χ2n) is 5.78. The molecule has 2 rings (SSSR count). The number of rotatable bonds is 7. The van der Waals surface area contributed by atoms with E-state index in [2.05, 4.69) is 27.8 Å². The number of hydrogen-bond acceptors (Lipinski definition) is 4. The molecule has 5 heteroatoms. The number of carbonyl (C=O) groups excluding carboxylic acids is 1. The van der Waals surface area contributed by atoms with Gasteiger partial charge in [-0.25, -0.2) is 0 Å². The second kappa shape index (κ2) is 8.60. The molecule has 1 aromatic heterocycles. The lowest BCUT2D eigenvalue weighted by atomic mass is 9.87. The maximum Gasteiger partial charge on any atom is 0.271 e. The largest absolute Gasteiger partial charge is 0.369 e. The molecule has 0 spiro atoms. The number of anilines is 1. The zero-order chi connectivity index (χ0) is 14.9. The first kappa shape index (κ1) is 15.7. The summed E-state index contributed by atoms with van der Waals surface area (Å²) >= 11 is 0. The maximum absolute atomic E-state index is 12.0. The zero-order valence-corrected chi connectivity index (χ0v) is 12.9. The van der Waals surface area contributed by atoms with Crippen LogP contribution in [0.2, 0.25) is 0 Å². The summed E-state index contributed by atoms with van der Waals surface area (Å²) in [7, 11) is 0. The van der Waals surface area contributed by atoms with E-state index in [4.69, 9.17) is 0 Å². The van der Waals surface area contributed by atoms with Crippen molar-refractivity contribution >= 4 is 11.7 Å². The predicted octanol–water partition coefficient (Wildman–Crippen LogP) is 3.00. The van der Waals surface area contributed by atoms with Crippen molar-refractivity contribution in [2.75, 3.05) is 18.4 Å². The van der Waals surface area contributed by atoms with Crippen LogP contribution in [0.5, 0.6) is 0 Å². The average Bonchev–Trinajstić information content (AvgIpc) is 2.54. The van der Waals surface area contributed by atoms with Crippen LogP contribution in [0.25, 0.3) is 0 Å². The van der Waals surface area contributed by atoms with Gasteiger partial charge >= 0.3 is 0 Å². The summed E-state index contributed by atoms with van der Waals surface area (Å²) in [6.45, 7) is 3.69. The lowest BCUT2D eigenvalue weighted by molar-refractivity contribution is 0.0944. The molecule has 0 saturated heterocycles. The maximum atomic E-state index is 12.0. The first-order valence-corrected chi connectivity index (χ1v) is 8.15. The van der Waals surface area contributed by atoms with Crippen LogP contribution in [0.15, 0.2) is 12.1 Å². The number of carbonyl (C=O) groups is 1. The summed E-state index contributed by atoms with van der Waals surface area (Å²) in [5.41, 5.74) is 0.390. The van der Waals surface area contributed by atoms with Crippen LogP contribution in [0.3, 0.4) is 0 Å². The quantitative estimate of drug-likeness (QED) is 0.810. The molecule has 1 aliphatic rings. The Morgan fingerprint density at radius 2 is 2.00 bits per heavy atom. The molecule has 21 heavy (non-hydrogen) atoms. The van der Waals surface area contributed by atoms with E-state index in [1.54, 1.807) is 12.1 Å². The highest BCUT2D eigenvalue weighted by molar-refractivity contribution is 5.92. The summed E-state index contributed by atoms with van der Waals surface area (Å²) in [5, 5.41) is 14.1. The molecule has 0 bridgehead atoms. The Hall–Kier alpha value is -1.65. The van der Waals surface area contributed by atoms with Crippen molar-refractivity contribution in [1.82, 2.24) is 15.5 Å². The highest BCUT2D eigenvalue weighted by Crippen LogP contribution is 2.25. The molecular formula is C16H26N4O. The third-order valence-electron chi connectivity index (χ3n) is 4.02. The molecule has 0 unspecified atom stereocenters. The van der Waals surface area contributed by atoms with E-state index in [1.165, 1.54) is 32.1 Å². The summed E-state index contributed by atoms with van der Waals surface area (Å²) in [4.78, 5) is 12.0. The van der Waals surface area contributed by atoms with Gasteiger partial charge in [-0.2, -0.15) is 0 Å². The Labute approximate surface area is 126 Å². The van der Waals surface area contributed by atoms with Crippen molar-refractivity contribution in [3.8, 4) is 0 Å². The topological polar surface area (TPSA) is 66.9 Å². The molecule has 5 nitrogen and oxygen atoms in total. The van der Waals surface area contributed by atoms with Gasteiger partial charge in [0.15, 0.2) is 5.69 Å². The van der Waals surface area contributed by atoms with E-state index < -0.39 is 0 Å². The van der Waals surface area contributed by atoms with Gasteiger partial charge in [-0.05, 0) is 30.9 Å². The van der Waals surface area contributed by atoms with Crippen molar-refractivity contribution in [2.24, 2.45) is 5.92 Å². The number of hydrogen-bond donors (Lipinski definition) is 2. The third-order valence-corrected chi connectivity index (χ3v) is 4.02. The lowest BCUT2D eigenvalue weighted by Crippen LogP contribution is -2.27. The molecule has 1 heterocycles. The Kier molecular flexibility index (Phi) is 6.44. The molecule has 1 aromatic rings. The molecule has 1 amide bonds. The smallest absolute Gasteiger partial charge is 0.271 e. The van der Waals surface area contributed by atoms with Gasteiger partial charge in [0.2, 0.25) is 0 Å². The molecule has 0 aliphatic heterocycles. The van der Waals surface area contributed by atoms with Crippen LogP contribution >= 0.6 is 0 Å². The normalized spacial score (nSPS) is 15.7. The summed E-state index contributed by atoms with van der Waals surface area (Å²) in [6, 6.07) is 3.53. The fourth-order valence-corrected chi connectivity index (χ4v) is 2.76. The minimum Gasteiger partial charge on any atom is -0.369 e.